The number of hydrogen-bond acceptors (Lipinski definition) is 4. The van der Waals surface area contributed by atoms with Gasteiger partial charge in [-0.3, -0.25) is 9.69 Å². The van der Waals surface area contributed by atoms with Crippen LogP contribution < -0.4 is 4.90 Å². The summed E-state index contributed by atoms with van der Waals surface area (Å²) in [7, 11) is 1.76. The number of amides is 1. The molecule has 3 rings (SSSR count). The van der Waals surface area contributed by atoms with E-state index in [0.717, 1.165) is 31.4 Å². The number of ether oxygens (including phenoxy) is 1. The zero-order valence-electron chi connectivity index (χ0n) is 14.1. The highest BCUT2D eigenvalue weighted by Crippen LogP contribution is 2.29. The maximum absolute atomic E-state index is 12.9. The van der Waals surface area contributed by atoms with Crippen molar-refractivity contribution in [2.24, 2.45) is 5.92 Å². The number of carbonyl (C=O) groups excluding carboxylic acids is 1. The van der Waals surface area contributed by atoms with E-state index in [0.29, 0.717) is 24.7 Å². The number of rotatable bonds is 6. The Morgan fingerprint density at radius 1 is 1.33 bits per heavy atom. The summed E-state index contributed by atoms with van der Waals surface area (Å²) in [6.07, 6.45) is 8.40. The Kier molecular flexibility index (Phi) is 5.64. The zero-order chi connectivity index (χ0) is 16.8. The van der Waals surface area contributed by atoms with E-state index in [-0.39, 0.29) is 12.0 Å². The van der Waals surface area contributed by atoms with E-state index < -0.39 is 0 Å². The van der Waals surface area contributed by atoms with E-state index in [4.69, 9.17) is 9.15 Å². The summed E-state index contributed by atoms with van der Waals surface area (Å²) in [6.45, 7) is 0.406. The average Bonchev–Trinajstić information content (AvgIpc) is 3.14. The lowest BCUT2D eigenvalue weighted by atomic mass is 9.84. The summed E-state index contributed by atoms with van der Waals surface area (Å²) in [5.74, 6) is 1.89. The highest BCUT2D eigenvalue weighted by molar-refractivity contribution is 5.92. The lowest BCUT2D eigenvalue weighted by Gasteiger charge is -2.29. The molecule has 1 fully saturated rings. The molecule has 1 amide bonds. The van der Waals surface area contributed by atoms with Crippen molar-refractivity contribution >= 4 is 11.7 Å². The van der Waals surface area contributed by atoms with E-state index in [9.17, 15) is 4.79 Å². The molecule has 1 saturated carbocycles. The van der Waals surface area contributed by atoms with Gasteiger partial charge >= 0.3 is 0 Å². The largest absolute Gasteiger partial charge is 0.467 e. The Labute approximate surface area is 142 Å². The van der Waals surface area contributed by atoms with E-state index in [1.54, 1.807) is 24.5 Å². The van der Waals surface area contributed by atoms with Crippen LogP contribution >= 0.6 is 0 Å². The number of anilines is 1. The van der Waals surface area contributed by atoms with E-state index in [2.05, 4.69) is 4.98 Å². The first kappa shape index (κ1) is 16.7. The fourth-order valence-electron chi connectivity index (χ4n) is 3.37. The molecule has 5 heteroatoms. The molecule has 1 aliphatic carbocycles. The van der Waals surface area contributed by atoms with Gasteiger partial charge in [0.1, 0.15) is 11.6 Å². The molecule has 2 aromatic heterocycles. The van der Waals surface area contributed by atoms with Crippen LogP contribution in [0.15, 0.2) is 47.2 Å². The van der Waals surface area contributed by atoms with Crippen LogP contribution in [-0.4, -0.2) is 24.1 Å². The maximum atomic E-state index is 12.9. The van der Waals surface area contributed by atoms with Crippen molar-refractivity contribution < 1.29 is 13.9 Å². The monoisotopic (exact) mass is 328 g/mol. The Morgan fingerprint density at radius 3 is 2.96 bits per heavy atom. The van der Waals surface area contributed by atoms with Gasteiger partial charge in [-0.1, -0.05) is 12.5 Å². The molecule has 2 atom stereocenters. The number of furan rings is 1. The zero-order valence-corrected chi connectivity index (χ0v) is 14.1. The van der Waals surface area contributed by atoms with Crippen LogP contribution in [0, 0.1) is 5.92 Å². The fraction of sp³-hybridized carbons (Fsp3) is 0.474. The molecule has 128 valence electrons. The van der Waals surface area contributed by atoms with Crippen molar-refractivity contribution in [2.45, 2.75) is 44.8 Å². The Bertz CT molecular complexity index is 627. The van der Waals surface area contributed by atoms with Gasteiger partial charge in [-0.15, -0.1) is 0 Å². The van der Waals surface area contributed by atoms with Gasteiger partial charge in [0.05, 0.1) is 18.9 Å². The summed E-state index contributed by atoms with van der Waals surface area (Å²) in [5.41, 5.74) is 0. The second-order valence-electron chi connectivity index (χ2n) is 6.34. The van der Waals surface area contributed by atoms with Gasteiger partial charge in [0.25, 0.3) is 0 Å². The van der Waals surface area contributed by atoms with Crippen molar-refractivity contribution in [3.8, 4) is 0 Å². The molecule has 0 unspecified atom stereocenters. The summed E-state index contributed by atoms with van der Waals surface area (Å²) >= 11 is 0. The molecule has 2 heterocycles. The van der Waals surface area contributed by atoms with Crippen LogP contribution in [-0.2, 0) is 16.1 Å². The highest BCUT2D eigenvalue weighted by atomic mass is 16.5. The van der Waals surface area contributed by atoms with E-state index in [1.165, 1.54) is 0 Å². The average molecular weight is 328 g/mol. The first-order valence-electron chi connectivity index (χ1n) is 8.53. The van der Waals surface area contributed by atoms with Crippen LogP contribution in [0.25, 0.3) is 0 Å². The third-order valence-corrected chi connectivity index (χ3v) is 4.65. The van der Waals surface area contributed by atoms with Gasteiger partial charge in [-0.2, -0.15) is 0 Å². The fourth-order valence-corrected chi connectivity index (χ4v) is 3.37. The molecule has 0 saturated heterocycles. The molecular formula is C19H24N2O3. The van der Waals surface area contributed by atoms with Gasteiger partial charge in [0.2, 0.25) is 5.91 Å². The number of methoxy groups -OCH3 is 1. The van der Waals surface area contributed by atoms with Gasteiger partial charge in [0, 0.05) is 19.7 Å². The molecule has 0 aliphatic heterocycles. The Balaban J connectivity index is 1.71. The Morgan fingerprint density at radius 2 is 2.25 bits per heavy atom. The van der Waals surface area contributed by atoms with Crippen molar-refractivity contribution in [2.75, 3.05) is 12.0 Å². The van der Waals surface area contributed by atoms with Crippen molar-refractivity contribution in [1.29, 1.82) is 0 Å². The van der Waals surface area contributed by atoms with Crippen molar-refractivity contribution in [1.82, 2.24) is 4.98 Å². The highest BCUT2D eigenvalue weighted by Gasteiger charge is 2.27. The topological polar surface area (TPSA) is 55.6 Å². The lowest BCUT2D eigenvalue weighted by Crippen LogP contribution is -2.34. The minimum absolute atomic E-state index is 0.0897. The number of hydrogen-bond donors (Lipinski definition) is 0. The molecule has 5 nitrogen and oxygen atoms in total. The predicted molar refractivity (Wildman–Crippen MR) is 91.5 cm³/mol. The number of nitrogens with zero attached hydrogens (tertiary/aromatic N) is 2. The standard InChI is InChI=1S/C19H24N2O3/c1-23-16-7-4-6-15(12-16)13-19(22)21(14-17-8-5-11-24-17)18-9-2-3-10-20-18/h2-3,5,8-11,15-16H,4,6-7,12-14H2,1H3/t15-,16-/m1/s1. The van der Waals surface area contributed by atoms with Crippen LogP contribution in [0.4, 0.5) is 5.82 Å². The molecular weight excluding hydrogens is 304 g/mol. The molecule has 0 bridgehead atoms. The van der Waals surface area contributed by atoms with Crippen molar-refractivity contribution in [3.05, 3.63) is 48.6 Å². The van der Waals surface area contributed by atoms with Gasteiger partial charge < -0.3 is 9.15 Å². The quantitative estimate of drug-likeness (QED) is 0.809. The van der Waals surface area contributed by atoms with Crippen LogP contribution in [0.3, 0.4) is 0 Å². The van der Waals surface area contributed by atoms with Gasteiger partial charge in [-0.05, 0) is 49.4 Å². The number of carbonyl (C=O) groups is 1. The molecule has 0 spiro atoms. The summed E-state index contributed by atoms with van der Waals surface area (Å²) in [6, 6.07) is 9.32. The summed E-state index contributed by atoms with van der Waals surface area (Å²) in [5, 5.41) is 0. The third-order valence-electron chi connectivity index (χ3n) is 4.65. The normalized spacial score (nSPS) is 20.7. The minimum atomic E-state index is 0.0897. The molecule has 1 aliphatic rings. The van der Waals surface area contributed by atoms with Gasteiger partial charge in [0.15, 0.2) is 0 Å². The minimum Gasteiger partial charge on any atom is -0.467 e. The Hall–Kier alpha value is -2.14. The van der Waals surface area contributed by atoms with Crippen LogP contribution in [0.5, 0.6) is 0 Å². The molecule has 2 aromatic rings. The molecule has 24 heavy (non-hydrogen) atoms. The molecule has 0 N–H and O–H groups in total. The van der Waals surface area contributed by atoms with Gasteiger partial charge in [-0.25, -0.2) is 4.98 Å². The van der Waals surface area contributed by atoms with E-state index >= 15 is 0 Å². The molecule has 0 aromatic carbocycles. The second-order valence-corrected chi connectivity index (χ2v) is 6.34. The first-order valence-corrected chi connectivity index (χ1v) is 8.53. The lowest BCUT2D eigenvalue weighted by molar-refractivity contribution is -0.120. The second kappa shape index (κ2) is 8.11. The first-order chi connectivity index (χ1) is 11.8. The van der Waals surface area contributed by atoms with E-state index in [1.807, 2.05) is 30.3 Å². The number of aromatic nitrogens is 1. The SMILES string of the molecule is CO[C@@H]1CCC[C@@H](CC(=O)N(Cc2ccco2)c2ccccn2)C1. The smallest absolute Gasteiger partial charge is 0.228 e. The van der Waals surface area contributed by atoms with Crippen molar-refractivity contribution in [3.63, 3.8) is 0 Å². The predicted octanol–water partition coefficient (Wildman–Crippen LogP) is 3.80. The number of pyridine rings is 1. The third kappa shape index (κ3) is 4.23. The van der Waals surface area contributed by atoms with Crippen LogP contribution in [0.2, 0.25) is 0 Å². The van der Waals surface area contributed by atoms with Crippen LogP contribution in [0.1, 0.15) is 37.9 Å². The summed E-state index contributed by atoms with van der Waals surface area (Å²) in [4.78, 5) is 19.0. The maximum Gasteiger partial charge on any atom is 0.228 e. The molecule has 0 radical (unpaired) electrons. The summed E-state index contributed by atoms with van der Waals surface area (Å²) < 4.78 is 10.9.